The summed E-state index contributed by atoms with van der Waals surface area (Å²) in [7, 11) is 3.74. The molecule has 0 spiro atoms. The minimum Gasteiger partial charge on any atom is -0.497 e. The zero-order valence-corrected chi connectivity index (χ0v) is 17.5. The largest absolute Gasteiger partial charge is 0.497 e. The number of nitrogens with zero attached hydrogens (tertiary/aromatic N) is 5. The summed E-state index contributed by atoms with van der Waals surface area (Å²) in [6, 6.07) is 7.93. The van der Waals surface area contributed by atoms with E-state index in [9.17, 15) is 4.79 Å². The van der Waals surface area contributed by atoms with Crippen molar-refractivity contribution >= 4 is 11.6 Å². The molecule has 0 saturated carbocycles. The molecule has 1 aromatic carbocycles. The van der Waals surface area contributed by atoms with E-state index in [-0.39, 0.29) is 5.91 Å². The van der Waals surface area contributed by atoms with Crippen molar-refractivity contribution in [1.29, 1.82) is 0 Å². The standard InChI is InChI=1S/C22H27N5O2/c1-5-19-20(16-6-8-17(29-4)9-7-16)21-23-14-18(15(2)27(21)24-19)22(28)26-12-10-25(3)11-13-26/h6-9,14H,5,10-13H2,1-4H3. The lowest BCUT2D eigenvalue weighted by Crippen LogP contribution is -2.47. The van der Waals surface area contributed by atoms with E-state index in [1.807, 2.05) is 40.6 Å². The van der Waals surface area contributed by atoms with Gasteiger partial charge in [-0.1, -0.05) is 19.1 Å². The number of benzene rings is 1. The van der Waals surface area contributed by atoms with Gasteiger partial charge in [-0.15, -0.1) is 0 Å². The van der Waals surface area contributed by atoms with E-state index in [4.69, 9.17) is 9.84 Å². The molecule has 4 rings (SSSR count). The number of fused-ring (bicyclic) bond motifs is 1. The molecule has 0 N–H and O–H groups in total. The molecule has 3 heterocycles. The number of piperazine rings is 1. The molecule has 1 aliphatic rings. The molecule has 29 heavy (non-hydrogen) atoms. The quantitative estimate of drug-likeness (QED) is 0.682. The van der Waals surface area contributed by atoms with Gasteiger partial charge >= 0.3 is 0 Å². The smallest absolute Gasteiger partial charge is 0.257 e. The van der Waals surface area contributed by atoms with Crippen molar-refractivity contribution in [1.82, 2.24) is 24.4 Å². The average molecular weight is 393 g/mol. The van der Waals surface area contributed by atoms with Crippen LogP contribution in [0, 0.1) is 6.92 Å². The Kier molecular flexibility index (Phi) is 5.24. The SMILES string of the molecule is CCc1nn2c(C)c(C(=O)N3CCN(C)CC3)cnc2c1-c1ccc(OC)cc1. The fraction of sp³-hybridized carbons (Fsp3) is 0.409. The zero-order valence-electron chi connectivity index (χ0n) is 17.5. The van der Waals surface area contributed by atoms with Crippen LogP contribution in [0.3, 0.4) is 0 Å². The summed E-state index contributed by atoms with van der Waals surface area (Å²) in [6.45, 7) is 7.29. The minimum atomic E-state index is 0.0320. The van der Waals surface area contributed by atoms with Crippen molar-refractivity contribution < 1.29 is 9.53 Å². The third-order valence-corrected chi connectivity index (χ3v) is 5.69. The van der Waals surface area contributed by atoms with E-state index in [1.54, 1.807) is 13.3 Å². The molecule has 7 nitrogen and oxygen atoms in total. The maximum absolute atomic E-state index is 13.1. The first-order chi connectivity index (χ1) is 14.0. The van der Waals surface area contributed by atoms with Gasteiger partial charge in [0.2, 0.25) is 0 Å². The Labute approximate surface area is 170 Å². The number of ether oxygens (including phenoxy) is 1. The van der Waals surface area contributed by atoms with Crippen LogP contribution in [0.25, 0.3) is 16.8 Å². The fourth-order valence-electron chi connectivity index (χ4n) is 3.83. The number of hydrogen-bond donors (Lipinski definition) is 0. The molecule has 0 unspecified atom stereocenters. The number of likely N-dealkylation sites (N-methyl/N-ethyl adjacent to an activating group) is 1. The summed E-state index contributed by atoms with van der Waals surface area (Å²) in [5.41, 5.74) is 5.25. The van der Waals surface area contributed by atoms with Crippen LogP contribution in [-0.4, -0.2) is 70.6 Å². The number of amides is 1. The Morgan fingerprint density at radius 1 is 1.14 bits per heavy atom. The zero-order chi connectivity index (χ0) is 20.5. The van der Waals surface area contributed by atoms with E-state index in [2.05, 4.69) is 23.9 Å². The van der Waals surface area contributed by atoms with E-state index >= 15 is 0 Å². The van der Waals surface area contributed by atoms with Crippen LogP contribution >= 0.6 is 0 Å². The summed E-state index contributed by atoms with van der Waals surface area (Å²) < 4.78 is 7.10. The van der Waals surface area contributed by atoms with E-state index in [1.165, 1.54) is 0 Å². The van der Waals surface area contributed by atoms with Crippen LogP contribution in [0.4, 0.5) is 0 Å². The van der Waals surface area contributed by atoms with Crippen LogP contribution in [-0.2, 0) is 6.42 Å². The highest BCUT2D eigenvalue weighted by Crippen LogP contribution is 2.30. The topological polar surface area (TPSA) is 63.0 Å². The number of carbonyl (C=O) groups excluding carboxylic acids is 1. The second-order valence-electron chi connectivity index (χ2n) is 7.49. The predicted octanol–water partition coefficient (Wildman–Crippen LogP) is 2.66. The van der Waals surface area contributed by atoms with Crippen molar-refractivity contribution in [2.45, 2.75) is 20.3 Å². The Hall–Kier alpha value is -2.93. The molecule has 7 heteroatoms. The van der Waals surface area contributed by atoms with Crippen molar-refractivity contribution in [3.05, 3.63) is 47.4 Å². The first-order valence-corrected chi connectivity index (χ1v) is 10.0. The molecule has 0 aliphatic carbocycles. The summed E-state index contributed by atoms with van der Waals surface area (Å²) in [4.78, 5) is 21.9. The molecule has 1 fully saturated rings. The average Bonchev–Trinajstić information content (AvgIpc) is 3.14. The maximum atomic E-state index is 13.1. The van der Waals surface area contributed by atoms with Crippen LogP contribution in [0.1, 0.15) is 28.7 Å². The summed E-state index contributed by atoms with van der Waals surface area (Å²) >= 11 is 0. The van der Waals surface area contributed by atoms with Gasteiger partial charge in [0.15, 0.2) is 5.65 Å². The number of methoxy groups -OCH3 is 1. The third-order valence-electron chi connectivity index (χ3n) is 5.69. The Bertz CT molecular complexity index is 1030. The van der Waals surface area contributed by atoms with Crippen molar-refractivity contribution in [2.24, 2.45) is 0 Å². The van der Waals surface area contributed by atoms with Crippen molar-refractivity contribution in [2.75, 3.05) is 40.3 Å². The molecule has 1 aliphatic heterocycles. The van der Waals surface area contributed by atoms with Crippen molar-refractivity contribution in [3.8, 4) is 16.9 Å². The highest BCUT2D eigenvalue weighted by atomic mass is 16.5. The van der Waals surface area contributed by atoms with Gasteiger partial charge in [-0.05, 0) is 38.1 Å². The molecule has 0 bridgehead atoms. The highest BCUT2D eigenvalue weighted by molar-refractivity contribution is 5.95. The lowest BCUT2D eigenvalue weighted by Gasteiger charge is -2.32. The lowest BCUT2D eigenvalue weighted by molar-refractivity contribution is 0.0662. The van der Waals surface area contributed by atoms with Gasteiger partial charge < -0.3 is 14.5 Å². The first-order valence-electron chi connectivity index (χ1n) is 10.0. The van der Waals surface area contributed by atoms with Gasteiger partial charge in [-0.2, -0.15) is 5.10 Å². The van der Waals surface area contributed by atoms with Crippen LogP contribution in [0.2, 0.25) is 0 Å². The van der Waals surface area contributed by atoms with Crippen LogP contribution < -0.4 is 4.74 Å². The summed E-state index contributed by atoms with van der Waals surface area (Å²) in [5.74, 6) is 0.844. The van der Waals surface area contributed by atoms with Gasteiger partial charge in [0.1, 0.15) is 5.75 Å². The van der Waals surface area contributed by atoms with Crippen LogP contribution in [0.15, 0.2) is 30.5 Å². The molecule has 1 saturated heterocycles. The van der Waals surface area contributed by atoms with E-state index in [0.717, 1.165) is 66.5 Å². The third kappa shape index (κ3) is 3.46. The van der Waals surface area contributed by atoms with Gasteiger partial charge in [0.05, 0.1) is 24.1 Å². The number of carbonyl (C=O) groups is 1. The molecule has 1 amide bonds. The Balaban J connectivity index is 1.76. The van der Waals surface area contributed by atoms with E-state index in [0.29, 0.717) is 5.56 Å². The van der Waals surface area contributed by atoms with Gasteiger partial charge in [0.25, 0.3) is 5.91 Å². The highest BCUT2D eigenvalue weighted by Gasteiger charge is 2.25. The number of aromatic nitrogens is 3. The molecule has 2 aromatic heterocycles. The number of rotatable bonds is 4. The molecular weight excluding hydrogens is 366 g/mol. The Morgan fingerprint density at radius 2 is 1.83 bits per heavy atom. The minimum absolute atomic E-state index is 0.0320. The molecule has 152 valence electrons. The molecule has 0 radical (unpaired) electrons. The fourth-order valence-corrected chi connectivity index (χ4v) is 3.83. The van der Waals surface area contributed by atoms with Gasteiger partial charge in [-0.3, -0.25) is 4.79 Å². The summed E-state index contributed by atoms with van der Waals surface area (Å²) in [5, 5.41) is 4.79. The Morgan fingerprint density at radius 3 is 2.45 bits per heavy atom. The second-order valence-corrected chi connectivity index (χ2v) is 7.49. The maximum Gasteiger partial charge on any atom is 0.257 e. The van der Waals surface area contributed by atoms with Crippen molar-refractivity contribution in [3.63, 3.8) is 0 Å². The monoisotopic (exact) mass is 393 g/mol. The lowest BCUT2D eigenvalue weighted by atomic mass is 10.0. The van der Waals surface area contributed by atoms with Gasteiger partial charge in [-0.25, -0.2) is 9.50 Å². The molecular formula is C22H27N5O2. The van der Waals surface area contributed by atoms with Crippen LogP contribution in [0.5, 0.6) is 5.75 Å². The molecule has 0 atom stereocenters. The van der Waals surface area contributed by atoms with Gasteiger partial charge in [0, 0.05) is 37.9 Å². The molecule has 3 aromatic rings. The normalized spacial score (nSPS) is 15.1. The predicted molar refractivity (Wildman–Crippen MR) is 112 cm³/mol. The number of aryl methyl sites for hydroxylation is 2. The second kappa shape index (κ2) is 7.83. The number of hydrogen-bond acceptors (Lipinski definition) is 5. The summed E-state index contributed by atoms with van der Waals surface area (Å²) in [6.07, 6.45) is 2.49. The first kappa shape index (κ1) is 19.4. The van der Waals surface area contributed by atoms with E-state index < -0.39 is 0 Å².